The van der Waals surface area contributed by atoms with Crippen LogP contribution in [0, 0.1) is 13.8 Å². The number of amides is 1. The number of hydrogen-bond donors (Lipinski definition) is 2. The molecule has 1 aromatic heterocycles. The molecule has 0 aliphatic carbocycles. The van der Waals surface area contributed by atoms with Crippen molar-refractivity contribution < 1.29 is 4.79 Å². The Kier molecular flexibility index (Phi) is 6.26. The number of carbonyl (C=O) groups excluding carboxylic acids is 1. The number of rotatable bonds is 7. The molecule has 2 rings (SSSR count). The minimum atomic E-state index is -0.234. The molecule has 0 unspecified atom stereocenters. The van der Waals surface area contributed by atoms with Crippen molar-refractivity contribution in [2.24, 2.45) is 0 Å². The van der Waals surface area contributed by atoms with Crippen LogP contribution in [0.3, 0.4) is 0 Å². The highest BCUT2D eigenvalue weighted by Crippen LogP contribution is 2.17. The summed E-state index contributed by atoms with van der Waals surface area (Å²) in [5.41, 5.74) is 3.27. The molecule has 2 aromatic rings. The zero-order chi connectivity index (χ0) is 17.5. The average Bonchev–Trinajstić information content (AvgIpc) is 2.55. The van der Waals surface area contributed by atoms with Crippen molar-refractivity contribution in [3.05, 3.63) is 47.4 Å². The van der Waals surface area contributed by atoms with E-state index in [0.29, 0.717) is 11.5 Å². The molecule has 1 heterocycles. The Labute approximate surface area is 143 Å². The molecule has 0 aliphatic rings. The maximum Gasteiger partial charge on any atom is 0.274 e. The summed E-state index contributed by atoms with van der Waals surface area (Å²) in [6.45, 7) is 5.76. The van der Waals surface area contributed by atoms with Crippen LogP contribution in [0.2, 0.25) is 0 Å². The summed E-state index contributed by atoms with van der Waals surface area (Å²) in [6, 6.07) is 7.64. The van der Waals surface area contributed by atoms with Gasteiger partial charge in [0.25, 0.3) is 5.91 Å². The predicted molar refractivity (Wildman–Crippen MR) is 97.6 cm³/mol. The van der Waals surface area contributed by atoms with Crippen molar-refractivity contribution in [1.82, 2.24) is 14.9 Å². The Hall–Kier alpha value is -2.47. The third kappa shape index (κ3) is 5.31. The Morgan fingerprint density at radius 1 is 1.17 bits per heavy atom. The number of carbonyl (C=O) groups is 1. The van der Waals surface area contributed by atoms with Gasteiger partial charge in [-0.05, 0) is 58.1 Å². The first-order valence-corrected chi connectivity index (χ1v) is 8.05. The first-order valence-electron chi connectivity index (χ1n) is 8.05. The van der Waals surface area contributed by atoms with Crippen molar-refractivity contribution >= 4 is 17.4 Å². The molecule has 0 saturated heterocycles. The van der Waals surface area contributed by atoms with Gasteiger partial charge in [-0.3, -0.25) is 4.79 Å². The molecule has 1 amide bonds. The number of benzene rings is 1. The maximum absolute atomic E-state index is 12.4. The van der Waals surface area contributed by atoms with Gasteiger partial charge in [0.15, 0.2) is 0 Å². The number of nitrogens with zero attached hydrogens (tertiary/aromatic N) is 3. The molecular weight excluding hydrogens is 302 g/mol. The van der Waals surface area contributed by atoms with Gasteiger partial charge in [0, 0.05) is 18.3 Å². The van der Waals surface area contributed by atoms with E-state index in [1.165, 1.54) is 6.33 Å². The summed E-state index contributed by atoms with van der Waals surface area (Å²) in [5, 5.41) is 6.13. The highest BCUT2D eigenvalue weighted by molar-refractivity contribution is 6.03. The molecule has 128 valence electrons. The summed E-state index contributed by atoms with van der Waals surface area (Å²) < 4.78 is 0. The lowest BCUT2D eigenvalue weighted by Gasteiger charge is -2.11. The summed E-state index contributed by atoms with van der Waals surface area (Å²) in [5.74, 6) is 0.428. The van der Waals surface area contributed by atoms with E-state index in [0.717, 1.165) is 36.3 Å². The molecule has 0 spiro atoms. The van der Waals surface area contributed by atoms with Crippen molar-refractivity contribution in [1.29, 1.82) is 0 Å². The van der Waals surface area contributed by atoms with Gasteiger partial charge in [-0.1, -0.05) is 12.1 Å². The second-order valence-corrected chi connectivity index (χ2v) is 6.14. The fraction of sp³-hybridized carbons (Fsp3) is 0.389. The van der Waals surface area contributed by atoms with Crippen LogP contribution in [0.25, 0.3) is 0 Å². The van der Waals surface area contributed by atoms with Gasteiger partial charge >= 0.3 is 0 Å². The van der Waals surface area contributed by atoms with Gasteiger partial charge < -0.3 is 15.5 Å². The largest absolute Gasteiger partial charge is 0.370 e. The van der Waals surface area contributed by atoms with Crippen molar-refractivity contribution in [3.63, 3.8) is 0 Å². The van der Waals surface area contributed by atoms with Gasteiger partial charge in [0.2, 0.25) is 0 Å². The molecule has 24 heavy (non-hydrogen) atoms. The van der Waals surface area contributed by atoms with Crippen LogP contribution in [0.5, 0.6) is 0 Å². The Morgan fingerprint density at radius 3 is 2.71 bits per heavy atom. The Bertz CT molecular complexity index is 700. The monoisotopic (exact) mass is 327 g/mol. The number of anilines is 2. The van der Waals surface area contributed by atoms with Crippen LogP contribution in [0.1, 0.15) is 28.0 Å². The zero-order valence-electron chi connectivity index (χ0n) is 14.8. The first-order chi connectivity index (χ1) is 11.5. The summed E-state index contributed by atoms with van der Waals surface area (Å²) in [4.78, 5) is 22.8. The van der Waals surface area contributed by atoms with E-state index in [4.69, 9.17) is 0 Å². The van der Waals surface area contributed by atoms with Gasteiger partial charge in [-0.2, -0.15) is 0 Å². The van der Waals surface area contributed by atoms with Crippen LogP contribution < -0.4 is 10.6 Å². The fourth-order valence-electron chi connectivity index (χ4n) is 2.25. The smallest absolute Gasteiger partial charge is 0.274 e. The van der Waals surface area contributed by atoms with E-state index in [9.17, 15) is 4.79 Å². The van der Waals surface area contributed by atoms with E-state index in [2.05, 4.69) is 25.5 Å². The van der Waals surface area contributed by atoms with Crippen LogP contribution >= 0.6 is 0 Å². The minimum absolute atomic E-state index is 0.234. The van der Waals surface area contributed by atoms with Crippen LogP contribution in [-0.4, -0.2) is 48.0 Å². The van der Waals surface area contributed by atoms with Crippen LogP contribution in [0.15, 0.2) is 30.6 Å². The minimum Gasteiger partial charge on any atom is -0.370 e. The maximum atomic E-state index is 12.4. The molecule has 0 saturated carbocycles. The van der Waals surface area contributed by atoms with Gasteiger partial charge in [-0.25, -0.2) is 9.97 Å². The van der Waals surface area contributed by atoms with Crippen LogP contribution in [-0.2, 0) is 0 Å². The number of aromatic nitrogens is 2. The Balaban J connectivity index is 1.99. The van der Waals surface area contributed by atoms with E-state index < -0.39 is 0 Å². The second-order valence-electron chi connectivity index (χ2n) is 6.14. The second kappa shape index (κ2) is 8.40. The molecule has 6 nitrogen and oxygen atoms in total. The fourth-order valence-corrected chi connectivity index (χ4v) is 2.25. The third-order valence-electron chi connectivity index (χ3n) is 3.63. The summed E-state index contributed by atoms with van der Waals surface area (Å²) in [7, 11) is 4.08. The molecule has 2 N–H and O–H groups in total. The molecule has 0 bridgehead atoms. The summed E-state index contributed by atoms with van der Waals surface area (Å²) >= 11 is 0. The lowest BCUT2D eigenvalue weighted by molar-refractivity contribution is 0.102. The molecular formula is C18H25N5O. The third-order valence-corrected chi connectivity index (χ3v) is 3.63. The van der Waals surface area contributed by atoms with E-state index in [1.807, 2.05) is 46.1 Å². The van der Waals surface area contributed by atoms with Crippen molar-refractivity contribution in [3.8, 4) is 0 Å². The standard InChI is InChI=1S/C18H25N5O/c1-13-6-7-14(2)15(10-13)22-18(24)16-11-17(21-12-20-16)19-8-5-9-23(3)4/h6-7,10-12H,5,8-9H2,1-4H3,(H,22,24)(H,19,20,21). The number of nitrogens with one attached hydrogen (secondary N) is 2. The number of hydrogen-bond acceptors (Lipinski definition) is 5. The normalized spacial score (nSPS) is 10.7. The molecule has 0 fully saturated rings. The topological polar surface area (TPSA) is 70.2 Å². The summed E-state index contributed by atoms with van der Waals surface area (Å²) in [6.07, 6.45) is 2.41. The molecule has 6 heteroatoms. The lowest BCUT2D eigenvalue weighted by atomic mass is 10.1. The highest BCUT2D eigenvalue weighted by atomic mass is 16.1. The predicted octanol–water partition coefficient (Wildman–Crippen LogP) is 2.71. The van der Waals surface area contributed by atoms with Crippen molar-refractivity contribution in [2.75, 3.05) is 37.8 Å². The highest BCUT2D eigenvalue weighted by Gasteiger charge is 2.10. The van der Waals surface area contributed by atoms with Gasteiger partial charge in [0.1, 0.15) is 17.8 Å². The van der Waals surface area contributed by atoms with Crippen LogP contribution in [0.4, 0.5) is 11.5 Å². The Morgan fingerprint density at radius 2 is 1.96 bits per heavy atom. The SMILES string of the molecule is Cc1ccc(C)c(NC(=O)c2cc(NCCCN(C)C)ncn2)c1. The average molecular weight is 327 g/mol. The number of aryl methyl sites for hydroxylation is 2. The van der Waals surface area contributed by atoms with E-state index in [1.54, 1.807) is 6.07 Å². The van der Waals surface area contributed by atoms with E-state index in [-0.39, 0.29) is 5.91 Å². The zero-order valence-corrected chi connectivity index (χ0v) is 14.8. The molecule has 1 aromatic carbocycles. The van der Waals surface area contributed by atoms with Crippen molar-refractivity contribution in [2.45, 2.75) is 20.3 Å². The quantitative estimate of drug-likeness (QED) is 0.765. The lowest BCUT2D eigenvalue weighted by Crippen LogP contribution is -2.18. The molecule has 0 atom stereocenters. The molecule has 0 aliphatic heterocycles. The van der Waals surface area contributed by atoms with E-state index >= 15 is 0 Å². The van der Waals surface area contributed by atoms with Gasteiger partial charge in [0.05, 0.1) is 0 Å². The first kappa shape index (κ1) is 17.9. The molecule has 0 radical (unpaired) electrons. The van der Waals surface area contributed by atoms with Gasteiger partial charge in [-0.15, -0.1) is 0 Å².